The number of hydrazone groups is 1. The maximum Gasteiger partial charge on any atom is 0.240 e. The van der Waals surface area contributed by atoms with Crippen molar-refractivity contribution in [3.63, 3.8) is 0 Å². The molecule has 2 aromatic carbocycles. The number of nitrogens with zero attached hydrogens (tertiary/aromatic N) is 2. The van der Waals surface area contributed by atoms with E-state index in [0.717, 1.165) is 22.6 Å². The van der Waals surface area contributed by atoms with Gasteiger partial charge in [-0.15, -0.1) is 0 Å². The summed E-state index contributed by atoms with van der Waals surface area (Å²) in [5, 5.41) is 6.14. The Labute approximate surface area is 147 Å². The molecule has 1 amide bonds. The molecule has 0 aliphatic carbocycles. The summed E-state index contributed by atoms with van der Waals surface area (Å²) in [4.78, 5) is 12.1. The molecule has 0 radical (unpaired) electrons. The van der Waals surface area contributed by atoms with Crippen molar-refractivity contribution in [2.75, 3.05) is 14.2 Å². The number of methoxy groups -OCH3 is 2. The summed E-state index contributed by atoms with van der Waals surface area (Å²) in [5.41, 5.74) is 3.98. The lowest BCUT2D eigenvalue weighted by Gasteiger charge is -2.20. The van der Waals surface area contributed by atoms with Gasteiger partial charge in [0.05, 0.1) is 26.0 Å². The predicted octanol–water partition coefficient (Wildman–Crippen LogP) is 3.71. The molecule has 1 heterocycles. The first-order valence-corrected chi connectivity index (χ1v) is 8.19. The first kappa shape index (κ1) is 17.0. The molecule has 1 unspecified atom stereocenters. The molecule has 0 aromatic heterocycles. The molecule has 2 aromatic rings. The van der Waals surface area contributed by atoms with Gasteiger partial charge in [-0.05, 0) is 24.6 Å². The maximum absolute atomic E-state index is 12.1. The minimum atomic E-state index is -0.0973. The number of amides is 1. The molecule has 1 aliphatic heterocycles. The summed E-state index contributed by atoms with van der Waals surface area (Å²) in [6, 6.07) is 13.7. The summed E-state index contributed by atoms with van der Waals surface area (Å²) < 4.78 is 10.7. The molecule has 1 atom stereocenters. The Morgan fingerprint density at radius 1 is 1.12 bits per heavy atom. The number of carbonyl (C=O) groups is 1. The number of rotatable bonds is 4. The van der Waals surface area contributed by atoms with Crippen LogP contribution in [0.25, 0.3) is 0 Å². The summed E-state index contributed by atoms with van der Waals surface area (Å²) in [6.07, 6.45) is 0.644. The van der Waals surface area contributed by atoms with E-state index in [1.54, 1.807) is 26.2 Å². The Hall–Kier alpha value is -2.82. The third-order valence-electron chi connectivity index (χ3n) is 4.41. The van der Waals surface area contributed by atoms with Gasteiger partial charge < -0.3 is 9.47 Å². The molecular weight excluding hydrogens is 316 g/mol. The standard InChI is InChI=1S/C20H22N2O3/c1-13-5-7-15(8-6-13)19-12-18(21-22(19)14(2)23)17-10-9-16(24-3)11-20(17)25-4/h5-11,19H,12H2,1-4H3. The number of carbonyl (C=O) groups excluding carboxylic acids is 1. The van der Waals surface area contributed by atoms with E-state index in [0.29, 0.717) is 12.2 Å². The molecular formula is C20H22N2O3. The van der Waals surface area contributed by atoms with Crippen LogP contribution in [-0.4, -0.2) is 30.8 Å². The SMILES string of the molecule is COc1ccc(C2=NN(C(C)=O)C(c3ccc(C)cc3)C2)c(OC)c1. The first-order chi connectivity index (χ1) is 12.0. The van der Waals surface area contributed by atoms with Crippen LogP contribution in [0.5, 0.6) is 11.5 Å². The van der Waals surface area contributed by atoms with Gasteiger partial charge in [0.25, 0.3) is 0 Å². The highest BCUT2D eigenvalue weighted by Gasteiger charge is 2.32. The van der Waals surface area contributed by atoms with Crippen molar-refractivity contribution < 1.29 is 14.3 Å². The smallest absolute Gasteiger partial charge is 0.240 e. The molecule has 0 saturated heterocycles. The highest BCUT2D eigenvalue weighted by atomic mass is 16.5. The zero-order valence-corrected chi connectivity index (χ0v) is 14.9. The molecule has 0 N–H and O–H groups in total. The van der Waals surface area contributed by atoms with Gasteiger partial charge in [0.1, 0.15) is 11.5 Å². The summed E-state index contributed by atoms with van der Waals surface area (Å²) in [5.74, 6) is 1.33. The Kier molecular flexibility index (Phi) is 4.74. The van der Waals surface area contributed by atoms with Crippen LogP contribution in [0, 0.1) is 6.92 Å². The van der Waals surface area contributed by atoms with Gasteiger partial charge >= 0.3 is 0 Å². The van der Waals surface area contributed by atoms with Gasteiger partial charge in [0.2, 0.25) is 5.91 Å². The van der Waals surface area contributed by atoms with Gasteiger partial charge in [-0.1, -0.05) is 29.8 Å². The average molecular weight is 338 g/mol. The van der Waals surface area contributed by atoms with E-state index in [1.807, 2.05) is 25.1 Å². The van der Waals surface area contributed by atoms with E-state index in [2.05, 4.69) is 29.4 Å². The Bertz CT molecular complexity index is 812. The van der Waals surface area contributed by atoms with E-state index >= 15 is 0 Å². The van der Waals surface area contributed by atoms with E-state index in [-0.39, 0.29) is 11.9 Å². The van der Waals surface area contributed by atoms with Crippen molar-refractivity contribution in [3.8, 4) is 11.5 Å². The number of aryl methyl sites for hydroxylation is 1. The van der Waals surface area contributed by atoms with E-state index in [1.165, 1.54) is 5.56 Å². The zero-order valence-electron chi connectivity index (χ0n) is 14.9. The normalized spacial score (nSPS) is 16.6. The zero-order chi connectivity index (χ0) is 18.0. The van der Waals surface area contributed by atoms with E-state index in [9.17, 15) is 4.79 Å². The van der Waals surface area contributed by atoms with E-state index < -0.39 is 0 Å². The molecule has 5 nitrogen and oxygen atoms in total. The molecule has 1 aliphatic rings. The minimum absolute atomic E-state index is 0.0759. The van der Waals surface area contributed by atoms with Gasteiger partial charge in [0.15, 0.2) is 0 Å². The topological polar surface area (TPSA) is 51.1 Å². The number of ether oxygens (including phenoxy) is 2. The molecule has 3 rings (SSSR count). The summed E-state index contributed by atoms with van der Waals surface area (Å²) >= 11 is 0. The van der Waals surface area contributed by atoms with E-state index in [4.69, 9.17) is 9.47 Å². The Morgan fingerprint density at radius 2 is 1.84 bits per heavy atom. The molecule has 0 saturated carbocycles. The van der Waals surface area contributed by atoms with Crippen molar-refractivity contribution in [3.05, 3.63) is 59.2 Å². The van der Waals surface area contributed by atoms with Crippen LogP contribution in [0.4, 0.5) is 0 Å². The van der Waals surface area contributed by atoms with Crippen molar-refractivity contribution in [1.29, 1.82) is 0 Å². The second-order valence-corrected chi connectivity index (χ2v) is 6.11. The fraction of sp³-hybridized carbons (Fsp3) is 0.300. The van der Waals surface area contributed by atoms with Crippen LogP contribution in [0.2, 0.25) is 0 Å². The van der Waals surface area contributed by atoms with Gasteiger partial charge in [0, 0.05) is 25.0 Å². The van der Waals surface area contributed by atoms with Crippen molar-refractivity contribution in [2.45, 2.75) is 26.3 Å². The highest BCUT2D eigenvalue weighted by Crippen LogP contribution is 2.36. The lowest BCUT2D eigenvalue weighted by atomic mass is 9.97. The molecule has 0 spiro atoms. The molecule has 0 fully saturated rings. The minimum Gasteiger partial charge on any atom is -0.497 e. The molecule has 25 heavy (non-hydrogen) atoms. The van der Waals surface area contributed by atoms with Gasteiger partial charge in [-0.2, -0.15) is 5.10 Å². The molecule has 0 bridgehead atoms. The third-order valence-corrected chi connectivity index (χ3v) is 4.41. The molecule has 130 valence electrons. The lowest BCUT2D eigenvalue weighted by Crippen LogP contribution is -2.24. The molecule has 5 heteroatoms. The maximum atomic E-state index is 12.1. The Balaban J connectivity index is 1.97. The predicted molar refractivity (Wildman–Crippen MR) is 97.1 cm³/mol. The summed E-state index contributed by atoms with van der Waals surface area (Å²) in [7, 11) is 3.24. The first-order valence-electron chi connectivity index (χ1n) is 8.19. The fourth-order valence-electron chi connectivity index (χ4n) is 3.05. The second kappa shape index (κ2) is 6.97. The third kappa shape index (κ3) is 3.36. The average Bonchev–Trinajstić information content (AvgIpc) is 3.07. The van der Waals surface area contributed by atoms with Crippen LogP contribution in [0.15, 0.2) is 47.6 Å². The van der Waals surface area contributed by atoms with Crippen LogP contribution in [0.1, 0.15) is 36.1 Å². The van der Waals surface area contributed by atoms with Crippen LogP contribution < -0.4 is 9.47 Å². The van der Waals surface area contributed by atoms with Crippen LogP contribution in [-0.2, 0) is 4.79 Å². The monoisotopic (exact) mass is 338 g/mol. The van der Waals surface area contributed by atoms with Crippen LogP contribution in [0.3, 0.4) is 0 Å². The largest absolute Gasteiger partial charge is 0.497 e. The number of hydrogen-bond donors (Lipinski definition) is 0. The van der Waals surface area contributed by atoms with Crippen molar-refractivity contribution in [2.24, 2.45) is 5.10 Å². The number of hydrogen-bond acceptors (Lipinski definition) is 4. The van der Waals surface area contributed by atoms with Gasteiger partial charge in [-0.25, -0.2) is 5.01 Å². The van der Waals surface area contributed by atoms with Gasteiger partial charge in [-0.3, -0.25) is 4.79 Å². The van der Waals surface area contributed by atoms with Crippen molar-refractivity contribution in [1.82, 2.24) is 5.01 Å². The quantitative estimate of drug-likeness (QED) is 0.854. The second-order valence-electron chi connectivity index (χ2n) is 6.11. The fourth-order valence-corrected chi connectivity index (χ4v) is 3.05. The summed E-state index contributed by atoms with van der Waals surface area (Å²) in [6.45, 7) is 3.59. The lowest BCUT2D eigenvalue weighted by molar-refractivity contribution is -0.130. The Morgan fingerprint density at radius 3 is 2.44 bits per heavy atom. The van der Waals surface area contributed by atoms with Crippen molar-refractivity contribution >= 4 is 11.6 Å². The van der Waals surface area contributed by atoms with Crippen LogP contribution >= 0.6 is 0 Å². The highest BCUT2D eigenvalue weighted by molar-refractivity contribution is 6.05. The number of benzene rings is 2.